The molecule has 0 N–H and O–H groups in total. The first-order valence-corrected chi connectivity index (χ1v) is 35.4. The van der Waals surface area contributed by atoms with Gasteiger partial charge in [-0.25, -0.2) is 4.98 Å². The van der Waals surface area contributed by atoms with Crippen molar-refractivity contribution in [1.82, 2.24) is 9.55 Å². The highest BCUT2D eigenvalue weighted by atomic mass is 16.5. The molecule has 500 valence electrons. The Hall–Kier alpha value is -9.38. The minimum absolute atomic E-state index is 0.110. The Kier molecular flexibility index (Phi) is 16.4. The minimum Gasteiger partial charge on any atom is -0.457 e. The molecule has 0 amide bonds. The Balaban J connectivity index is 1.06. The van der Waals surface area contributed by atoms with Crippen molar-refractivity contribution < 1.29 is 9.15 Å². The summed E-state index contributed by atoms with van der Waals surface area (Å²) in [6.45, 7) is 51.8. The third-order valence-electron chi connectivity index (χ3n) is 20.4. The van der Waals surface area contributed by atoms with Gasteiger partial charge in [-0.05, 0) is 202 Å². The van der Waals surface area contributed by atoms with Crippen LogP contribution in [-0.4, -0.2) is 16.2 Å². The van der Waals surface area contributed by atoms with Gasteiger partial charge >= 0.3 is 0 Å². The molecule has 12 aromatic rings. The quantitative estimate of drug-likeness (QED) is 0.136. The van der Waals surface area contributed by atoms with Crippen molar-refractivity contribution >= 4 is 66.5 Å². The first kappa shape index (κ1) is 67.2. The van der Waals surface area contributed by atoms with Crippen molar-refractivity contribution in [2.75, 3.05) is 16.5 Å². The molecule has 0 saturated heterocycles. The van der Waals surface area contributed by atoms with Gasteiger partial charge in [0.1, 0.15) is 35.2 Å². The molecule has 0 spiro atoms. The van der Waals surface area contributed by atoms with Gasteiger partial charge in [0.05, 0.1) is 45.1 Å². The molecule has 0 radical (unpaired) electrons. The number of benzene rings is 9. The number of pyridine rings is 1. The van der Waals surface area contributed by atoms with E-state index in [-0.39, 0.29) is 44.3 Å². The second kappa shape index (κ2) is 24.0. The number of anilines is 4. The second-order valence-corrected chi connectivity index (χ2v) is 34.6. The highest BCUT2D eigenvalue weighted by Crippen LogP contribution is 2.54. The van der Waals surface area contributed by atoms with Crippen LogP contribution in [-0.2, 0) is 32.5 Å². The van der Waals surface area contributed by atoms with E-state index in [4.69, 9.17) is 14.1 Å². The topological polar surface area (TPSA) is 70.5 Å². The van der Waals surface area contributed by atoms with Gasteiger partial charge < -0.3 is 19.0 Å². The lowest BCUT2D eigenvalue weighted by Crippen LogP contribution is -2.26. The highest BCUT2D eigenvalue weighted by Gasteiger charge is 2.36. The predicted octanol–water partition coefficient (Wildman–Crippen LogP) is 26.0. The summed E-state index contributed by atoms with van der Waals surface area (Å²) in [4.78, 5) is 10.3. The van der Waals surface area contributed by atoms with Crippen LogP contribution < -0.4 is 14.5 Å². The lowest BCUT2D eigenvalue weighted by Gasteiger charge is -2.33. The van der Waals surface area contributed by atoms with E-state index in [0.717, 1.165) is 77.9 Å². The summed E-state index contributed by atoms with van der Waals surface area (Å²) in [6, 6.07) is 65.8. The van der Waals surface area contributed by atoms with E-state index in [2.05, 4.69) is 324 Å². The van der Waals surface area contributed by atoms with Crippen molar-refractivity contribution in [2.45, 2.75) is 197 Å². The molecule has 9 aromatic carbocycles. The summed E-state index contributed by atoms with van der Waals surface area (Å²) in [7, 11) is 0. The summed E-state index contributed by atoms with van der Waals surface area (Å²) in [5, 5.41) is 13.8. The van der Waals surface area contributed by atoms with Gasteiger partial charge in [0, 0.05) is 51.3 Å². The van der Waals surface area contributed by atoms with E-state index >= 15 is 0 Å². The number of rotatable bonds is 10. The fourth-order valence-electron chi connectivity index (χ4n) is 14.4. The zero-order valence-corrected chi connectivity index (χ0v) is 62.2. The molecule has 3 aromatic heterocycles. The zero-order valence-electron chi connectivity index (χ0n) is 62.2. The molecule has 0 aliphatic carbocycles. The number of nitriles is 1. The molecular formula is C91H99N5O2. The van der Waals surface area contributed by atoms with E-state index in [1.165, 1.54) is 78.0 Å². The van der Waals surface area contributed by atoms with Crippen LogP contribution in [0.4, 0.5) is 22.7 Å². The Morgan fingerprint density at radius 2 is 0.980 bits per heavy atom. The fourth-order valence-corrected chi connectivity index (χ4v) is 14.4. The number of furan rings is 1. The summed E-state index contributed by atoms with van der Waals surface area (Å²) in [5.74, 6) is 2.72. The van der Waals surface area contributed by atoms with Crippen LogP contribution in [0.3, 0.4) is 0 Å². The van der Waals surface area contributed by atoms with Crippen LogP contribution in [0.2, 0.25) is 0 Å². The zero-order chi connectivity index (χ0) is 70.2. The normalized spacial score (nSPS) is 13.5. The lowest BCUT2D eigenvalue weighted by atomic mass is 9.76. The molecule has 0 unspecified atom stereocenters. The molecule has 13 rings (SSSR count). The van der Waals surface area contributed by atoms with Crippen LogP contribution in [0.25, 0.3) is 82.9 Å². The molecule has 4 heterocycles. The van der Waals surface area contributed by atoms with Crippen LogP contribution in [0.15, 0.2) is 180 Å². The standard InChI is InChI=1S/C91H99N5O2/c1-54(2)69-26-25-27-70(55(3)4)82(69)59-43-66(50-68(44-59)97-67-31-32-72-79(51-67)96(81-49-60(36-37-93-81)86(5,6)7)78-34-33-71-75-38-56(52-92)30-35-80(75)98-85(71)83(72)78)94-53-95(77-29-24-23-28-76(77)94)84-73(57-39-61(87(8,9)10)45-62(40-57)88(11,12)13)47-65(91(20,21)22)48-74(84)58-41-63(89(14,15)16)46-64(42-58)90(17,18)19/h23-51,54-55H,53H2,1-22H3. The van der Waals surface area contributed by atoms with Crippen LogP contribution in [0, 0.1) is 11.3 Å². The second-order valence-electron chi connectivity index (χ2n) is 34.6. The van der Waals surface area contributed by atoms with E-state index < -0.39 is 0 Å². The maximum Gasteiger partial charge on any atom is 0.145 e. The third-order valence-corrected chi connectivity index (χ3v) is 20.4. The van der Waals surface area contributed by atoms with E-state index in [0.29, 0.717) is 18.0 Å². The SMILES string of the molecule is CC(C)c1cccc(C(C)C)c1-c1cc(Oc2ccc3c4c5oc6ccc(C#N)cc6c5ccc4n(-c4cc(C(C)(C)C)ccn4)c3c2)cc(N2CN(c3c(-c4cc(C(C)(C)C)cc(C(C)(C)C)c4)cc(C(C)(C)C)cc3-c3cc(C(C)(C)C)cc(C(C)(C)C)c3)c3ccccc32)c1. The smallest absolute Gasteiger partial charge is 0.145 e. The monoisotopic (exact) mass is 1290 g/mol. The van der Waals surface area contributed by atoms with Gasteiger partial charge in [-0.1, -0.05) is 219 Å². The molecule has 7 heteroatoms. The van der Waals surface area contributed by atoms with Crippen LogP contribution >= 0.6 is 0 Å². The van der Waals surface area contributed by atoms with E-state index in [9.17, 15) is 5.26 Å². The van der Waals surface area contributed by atoms with Crippen molar-refractivity contribution in [3.8, 4) is 56.8 Å². The van der Waals surface area contributed by atoms with Gasteiger partial charge in [-0.15, -0.1) is 0 Å². The van der Waals surface area contributed by atoms with E-state index in [1.54, 1.807) is 0 Å². The predicted molar refractivity (Wildman–Crippen MR) is 416 cm³/mol. The van der Waals surface area contributed by atoms with Gasteiger partial charge in [0.25, 0.3) is 0 Å². The first-order chi connectivity index (χ1) is 45.9. The van der Waals surface area contributed by atoms with Gasteiger partial charge in [-0.3, -0.25) is 4.57 Å². The fraction of sp³-hybridized carbons (Fsp3) is 0.341. The largest absolute Gasteiger partial charge is 0.457 e. The molecule has 98 heavy (non-hydrogen) atoms. The summed E-state index contributed by atoms with van der Waals surface area (Å²) >= 11 is 0. The molecule has 0 fully saturated rings. The van der Waals surface area contributed by atoms with Crippen LogP contribution in [0.1, 0.15) is 214 Å². The molecule has 0 atom stereocenters. The van der Waals surface area contributed by atoms with Gasteiger partial charge in [0.2, 0.25) is 0 Å². The number of ether oxygens (including phenoxy) is 1. The maximum atomic E-state index is 9.98. The van der Waals surface area contributed by atoms with Gasteiger partial charge in [-0.2, -0.15) is 5.26 Å². The van der Waals surface area contributed by atoms with Crippen LogP contribution in [0.5, 0.6) is 11.5 Å². The number of aromatic nitrogens is 2. The molecular weight excluding hydrogens is 1200 g/mol. The molecule has 7 nitrogen and oxygen atoms in total. The summed E-state index contributed by atoms with van der Waals surface area (Å²) < 4.78 is 16.6. The van der Waals surface area contributed by atoms with Crippen molar-refractivity contribution in [3.05, 3.63) is 226 Å². The Morgan fingerprint density at radius 3 is 1.51 bits per heavy atom. The summed E-state index contributed by atoms with van der Waals surface area (Å²) in [6.07, 6.45) is 1.92. The summed E-state index contributed by atoms with van der Waals surface area (Å²) in [5.41, 5.74) is 25.3. The van der Waals surface area contributed by atoms with Crippen molar-refractivity contribution in [1.29, 1.82) is 5.26 Å². The number of nitrogens with zero attached hydrogens (tertiary/aromatic N) is 5. The molecule has 0 saturated carbocycles. The Morgan fingerprint density at radius 1 is 0.449 bits per heavy atom. The van der Waals surface area contributed by atoms with Crippen molar-refractivity contribution in [3.63, 3.8) is 0 Å². The highest BCUT2D eigenvalue weighted by molar-refractivity contribution is 6.24. The Labute approximate surface area is 583 Å². The lowest BCUT2D eigenvalue weighted by molar-refractivity contribution is 0.483. The third kappa shape index (κ3) is 12.4. The Bertz CT molecular complexity index is 5000. The molecule has 1 aliphatic rings. The van der Waals surface area contributed by atoms with Gasteiger partial charge in [0.15, 0.2) is 0 Å². The molecule has 1 aliphatic heterocycles. The number of hydrogen-bond acceptors (Lipinski definition) is 6. The van der Waals surface area contributed by atoms with Crippen molar-refractivity contribution in [2.24, 2.45) is 0 Å². The minimum atomic E-state index is -0.182. The number of para-hydroxylation sites is 2. The maximum absolute atomic E-state index is 9.98. The average molecular weight is 1290 g/mol. The molecule has 0 bridgehead atoms. The van der Waals surface area contributed by atoms with E-state index in [1.807, 2.05) is 24.4 Å². The number of fused-ring (bicyclic) bond motifs is 8. The average Bonchev–Trinajstić information content (AvgIpc) is 1.53. The first-order valence-electron chi connectivity index (χ1n) is 35.4. The number of hydrogen-bond donors (Lipinski definition) is 0.